The number of aromatic nitrogens is 1. The van der Waals surface area contributed by atoms with Crippen LogP contribution in [0.5, 0.6) is 0 Å². The third-order valence-electron chi connectivity index (χ3n) is 3.39. The molecule has 0 unspecified atom stereocenters. The lowest BCUT2D eigenvalue weighted by Gasteiger charge is -2.22. The second-order valence-electron chi connectivity index (χ2n) is 5.10. The minimum absolute atomic E-state index is 0.0661. The summed E-state index contributed by atoms with van der Waals surface area (Å²) in [7, 11) is -2.24. The molecular formula is C16H19FN2O3S. The molecule has 0 bridgehead atoms. The van der Waals surface area contributed by atoms with Gasteiger partial charge in [0.15, 0.2) is 0 Å². The van der Waals surface area contributed by atoms with Crippen LogP contribution >= 0.6 is 0 Å². The summed E-state index contributed by atoms with van der Waals surface area (Å²) in [4.78, 5) is 4.06. The van der Waals surface area contributed by atoms with Gasteiger partial charge in [0.1, 0.15) is 5.82 Å². The molecule has 1 aromatic carbocycles. The molecule has 7 heteroatoms. The Balaban J connectivity index is 2.34. The number of hydrogen-bond donors (Lipinski definition) is 0. The van der Waals surface area contributed by atoms with E-state index in [1.165, 1.54) is 36.5 Å². The van der Waals surface area contributed by atoms with Crippen molar-refractivity contribution in [3.8, 4) is 0 Å². The minimum atomic E-state index is -3.75. The Kier molecular flexibility index (Phi) is 5.81. The van der Waals surface area contributed by atoms with Crippen LogP contribution in [-0.4, -0.2) is 38.0 Å². The highest BCUT2D eigenvalue weighted by Gasteiger charge is 2.25. The molecule has 1 heterocycles. The fraction of sp³-hybridized carbons (Fsp3) is 0.312. The number of methoxy groups -OCH3 is 1. The number of pyridine rings is 1. The van der Waals surface area contributed by atoms with E-state index in [2.05, 4.69) is 4.98 Å². The van der Waals surface area contributed by atoms with Crippen LogP contribution in [-0.2, 0) is 21.3 Å². The van der Waals surface area contributed by atoms with Crippen molar-refractivity contribution in [2.45, 2.75) is 18.4 Å². The number of nitrogens with zero attached hydrogens (tertiary/aromatic N) is 2. The summed E-state index contributed by atoms with van der Waals surface area (Å²) in [5, 5.41) is 0. The second kappa shape index (κ2) is 7.63. The van der Waals surface area contributed by atoms with Gasteiger partial charge in [-0.2, -0.15) is 4.31 Å². The number of benzene rings is 1. The molecule has 2 aromatic rings. The molecule has 0 aliphatic heterocycles. The molecule has 1 aromatic heterocycles. The normalized spacial score (nSPS) is 11.8. The van der Waals surface area contributed by atoms with Crippen LogP contribution in [0.1, 0.15) is 11.1 Å². The molecule has 23 heavy (non-hydrogen) atoms. The van der Waals surface area contributed by atoms with Crippen molar-refractivity contribution in [1.29, 1.82) is 0 Å². The molecule has 5 nitrogen and oxygen atoms in total. The van der Waals surface area contributed by atoms with Crippen LogP contribution in [0, 0.1) is 12.7 Å². The van der Waals surface area contributed by atoms with E-state index in [4.69, 9.17) is 4.74 Å². The number of halogens is 1. The molecule has 0 atom stereocenters. The third kappa shape index (κ3) is 4.34. The first-order chi connectivity index (χ1) is 10.9. The smallest absolute Gasteiger partial charge is 0.243 e. The zero-order valence-electron chi connectivity index (χ0n) is 13.1. The molecule has 0 saturated carbocycles. The van der Waals surface area contributed by atoms with E-state index >= 15 is 0 Å². The lowest BCUT2D eigenvalue weighted by molar-refractivity contribution is 0.177. The van der Waals surface area contributed by atoms with Crippen molar-refractivity contribution in [2.24, 2.45) is 0 Å². The Hall–Kier alpha value is -1.83. The molecular weight excluding hydrogens is 319 g/mol. The maximum atomic E-state index is 13.4. The van der Waals surface area contributed by atoms with E-state index in [0.717, 1.165) is 5.56 Å². The van der Waals surface area contributed by atoms with Gasteiger partial charge in [-0.05, 0) is 42.3 Å². The van der Waals surface area contributed by atoms with Gasteiger partial charge in [-0.1, -0.05) is 6.07 Å². The first-order valence-electron chi connectivity index (χ1n) is 7.09. The highest BCUT2D eigenvalue weighted by atomic mass is 32.2. The maximum absolute atomic E-state index is 13.4. The van der Waals surface area contributed by atoms with Crippen molar-refractivity contribution in [1.82, 2.24) is 9.29 Å². The number of sulfonamides is 1. The summed E-state index contributed by atoms with van der Waals surface area (Å²) in [6.07, 6.45) is 3.24. The van der Waals surface area contributed by atoms with Gasteiger partial charge in [-0.3, -0.25) is 4.98 Å². The highest BCUT2D eigenvalue weighted by Crippen LogP contribution is 2.20. The Morgan fingerprint density at radius 3 is 2.70 bits per heavy atom. The Labute approximate surface area is 135 Å². The van der Waals surface area contributed by atoms with Gasteiger partial charge in [0.05, 0.1) is 11.5 Å². The van der Waals surface area contributed by atoms with E-state index in [0.29, 0.717) is 5.56 Å². The lowest BCUT2D eigenvalue weighted by atomic mass is 10.2. The lowest BCUT2D eigenvalue weighted by Crippen LogP contribution is -2.33. The SMILES string of the molecule is COCCN(Cc1cccnc1)S(=O)(=O)c1ccc(F)c(C)c1. The van der Waals surface area contributed by atoms with Gasteiger partial charge in [-0.25, -0.2) is 12.8 Å². The molecule has 0 aliphatic rings. The highest BCUT2D eigenvalue weighted by molar-refractivity contribution is 7.89. The third-order valence-corrected chi connectivity index (χ3v) is 5.23. The largest absolute Gasteiger partial charge is 0.383 e. The molecule has 0 spiro atoms. The zero-order chi connectivity index (χ0) is 16.9. The molecule has 0 amide bonds. The fourth-order valence-electron chi connectivity index (χ4n) is 2.10. The van der Waals surface area contributed by atoms with Crippen LogP contribution < -0.4 is 0 Å². The molecule has 0 N–H and O–H groups in total. The Morgan fingerprint density at radius 2 is 2.09 bits per heavy atom. The van der Waals surface area contributed by atoms with Gasteiger partial charge in [0, 0.05) is 32.6 Å². The van der Waals surface area contributed by atoms with Gasteiger partial charge < -0.3 is 4.74 Å². The van der Waals surface area contributed by atoms with Crippen molar-refractivity contribution in [3.63, 3.8) is 0 Å². The van der Waals surface area contributed by atoms with Gasteiger partial charge in [-0.15, -0.1) is 0 Å². The molecule has 0 radical (unpaired) electrons. The average Bonchev–Trinajstić information content (AvgIpc) is 2.54. The van der Waals surface area contributed by atoms with E-state index in [9.17, 15) is 12.8 Å². The minimum Gasteiger partial charge on any atom is -0.383 e. The van der Waals surface area contributed by atoms with Crippen LogP contribution in [0.4, 0.5) is 4.39 Å². The monoisotopic (exact) mass is 338 g/mol. The zero-order valence-corrected chi connectivity index (χ0v) is 13.9. The summed E-state index contributed by atoms with van der Waals surface area (Å²) < 4.78 is 45.4. The molecule has 0 saturated heterocycles. The van der Waals surface area contributed by atoms with Crippen LogP contribution in [0.25, 0.3) is 0 Å². The Morgan fingerprint density at radius 1 is 1.30 bits per heavy atom. The average molecular weight is 338 g/mol. The summed E-state index contributed by atoms with van der Waals surface area (Å²) in [6.45, 7) is 2.18. The summed E-state index contributed by atoms with van der Waals surface area (Å²) in [5.41, 5.74) is 1.06. The number of hydrogen-bond acceptors (Lipinski definition) is 4. The predicted molar refractivity (Wildman–Crippen MR) is 84.8 cm³/mol. The standard InChI is InChI=1S/C16H19FN2O3S/c1-13-10-15(5-6-16(13)17)23(20,21)19(8-9-22-2)12-14-4-3-7-18-11-14/h3-7,10-11H,8-9,12H2,1-2H3. The van der Waals surface area contributed by atoms with Crippen molar-refractivity contribution in [3.05, 3.63) is 59.7 Å². The van der Waals surface area contributed by atoms with E-state index < -0.39 is 15.8 Å². The summed E-state index contributed by atoms with van der Waals surface area (Å²) in [6, 6.07) is 7.34. The molecule has 124 valence electrons. The van der Waals surface area contributed by atoms with Crippen molar-refractivity contribution in [2.75, 3.05) is 20.3 Å². The van der Waals surface area contributed by atoms with Gasteiger partial charge in [0.25, 0.3) is 0 Å². The van der Waals surface area contributed by atoms with Crippen LogP contribution in [0.15, 0.2) is 47.6 Å². The van der Waals surface area contributed by atoms with E-state index in [1.807, 2.05) is 0 Å². The first kappa shape index (κ1) is 17.5. The predicted octanol–water partition coefficient (Wildman–Crippen LogP) is 2.37. The summed E-state index contributed by atoms with van der Waals surface area (Å²) >= 11 is 0. The fourth-order valence-corrected chi connectivity index (χ4v) is 3.60. The Bertz CT molecular complexity index is 751. The van der Waals surface area contributed by atoms with Crippen LogP contribution in [0.3, 0.4) is 0 Å². The summed E-state index contributed by atoms with van der Waals surface area (Å²) in [5.74, 6) is -0.431. The number of rotatable bonds is 7. The topological polar surface area (TPSA) is 59.5 Å². The van der Waals surface area contributed by atoms with Gasteiger partial charge in [0.2, 0.25) is 10.0 Å². The molecule has 2 rings (SSSR count). The van der Waals surface area contributed by atoms with E-state index in [-0.39, 0.29) is 24.6 Å². The first-order valence-corrected chi connectivity index (χ1v) is 8.53. The van der Waals surface area contributed by atoms with Crippen molar-refractivity contribution < 1.29 is 17.5 Å². The second-order valence-corrected chi connectivity index (χ2v) is 7.04. The van der Waals surface area contributed by atoms with E-state index in [1.54, 1.807) is 24.5 Å². The van der Waals surface area contributed by atoms with Crippen LogP contribution in [0.2, 0.25) is 0 Å². The van der Waals surface area contributed by atoms with Crippen molar-refractivity contribution >= 4 is 10.0 Å². The number of aryl methyl sites for hydroxylation is 1. The van der Waals surface area contributed by atoms with Gasteiger partial charge >= 0.3 is 0 Å². The quantitative estimate of drug-likeness (QED) is 0.778. The number of ether oxygens (including phenoxy) is 1. The molecule has 0 fully saturated rings. The molecule has 0 aliphatic carbocycles. The maximum Gasteiger partial charge on any atom is 0.243 e.